The molecule has 0 saturated heterocycles. The monoisotopic (exact) mass is 451 g/mol. The average Bonchev–Trinajstić information content (AvgIpc) is 2.86. The molecule has 0 unspecified atom stereocenters. The Balaban J connectivity index is 1.51. The summed E-state index contributed by atoms with van der Waals surface area (Å²) >= 11 is 1.39. The highest BCUT2D eigenvalue weighted by atomic mass is 32.2. The van der Waals surface area contributed by atoms with Gasteiger partial charge in [0.25, 0.3) is 11.5 Å². The summed E-state index contributed by atoms with van der Waals surface area (Å²) in [4.78, 5) is 34.9. The van der Waals surface area contributed by atoms with Gasteiger partial charge in [0.2, 0.25) is 0 Å². The van der Waals surface area contributed by atoms with Crippen molar-refractivity contribution in [2.75, 3.05) is 5.32 Å². The number of carbonyl (C=O) groups is 1. The van der Waals surface area contributed by atoms with E-state index >= 15 is 0 Å². The summed E-state index contributed by atoms with van der Waals surface area (Å²) < 4.78 is 1.26. The van der Waals surface area contributed by atoms with Crippen LogP contribution in [0.2, 0.25) is 0 Å². The zero-order valence-electron chi connectivity index (χ0n) is 17.3. The lowest BCUT2D eigenvalue weighted by Crippen LogP contribution is -2.26. The number of hydrogen-bond donors (Lipinski definition) is 1. The predicted molar refractivity (Wildman–Crippen MR) is 128 cm³/mol. The first-order valence-corrected chi connectivity index (χ1v) is 10.9. The van der Waals surface area contributed by atoms with Crippen molar-refractivity contribution in [2.24, 2.45) is 0 Å². The summed E-state index contributed by atoms with van der Waals surface area (Å²) in [7, 11) is 0. The molecule has 2 aromatic carbocycles. The second-order valence-electron chi connectivity index (χ2n) is 7.05. The van der Waals surface area contributed by atoms with Gasteiger partial charge < -0.3 is 5.32 Å². The Hall–Kier alpha value is -4.30. The fraction of sp³-hybridized carbons (Fsp3) is 0. The van der Waals surface area contributed by atoms with Crippen LogP contribution in [0, 0.1) is 0 Å². The molecule has 0 spiro atoms. The van der Waals surface area contributed by atoms with E-state index in [1.54, 1.807) is 60.9 Å². The van der Waals surface area contributed by atoms with Gasteiger partial charge in [-0.2, -0.15) is 9.78 Å². The van der Waals surface area contributed by atoms with Crippen molar-refractivity contribution in [1.82, 2.24) is 19.7 Å². The zero-order valence-corrected chi connectivity index (χ0v) is 18.1. The first-order chi connectivity index (χ1) is 16.2. The number of pyridine rings is 2. The maximum absolute atomic E-state index is 13.3. The highest BCUT2D eigenvalue weighted by molar-refractivity contribution is 7.99. The molecule has 33 heavy (non-hydrogen) atoms. The van der Waals surface area contributed by atoms with E-state index in [4.69, 9.17) is 0 Å². The topological polar surface area (TPSA) is 89.8 Å². The van der Waals surface area contributed by atoms with Gasteiger partial charge in [0.15, 0.2) is 5.69 Å². The molecule has 0 aliphatic rings. The van der Waals surface area contributed by atoms with Crippen molar-refractivity contribution >= 4 is 34.1 Å². The number of rotatable bonds is 5. The Morgan fingerprint density at radius 3 is 2.30 bits per heavy atom. The van der Waals surface area contributed by atoms with Crippen LogP contribution in [-0.2, 0) is 0 Å². The van der Waals surface area contributed by atoms with Gasteiger partial charge in [-0.25, -0.2) is 9.97 Å². The number of hydrogen-bond acceptors (Lipinski definition) is 6. The number of fused-ring (bicyclic) bond motifs is 1. The lowest BCUT2D eigenvalue weighted by atomic mass is 10.1. The van der Waals surface area contributed by atoms with Crippen molar-refractivity contribution in [2.45, 2.75) is 10.1 Å². The number of aromatic nitrogens is 4. The van der Waals surface area contributed by atoms with E-state index in [-0.39, 0.29) is 11.3 Å². The summed E-state index contributed by atoms with van der Waals surface area (Å²) in [6.07, 6.45) is 3.34. The number of nitrogens with zero attached hydrogens (tertiary/aromatic N) is 4. The molecule has 0 aliphatic heterocycles. The molecular weight excluding hydrogens is 434 g/mol. The van der Waals surface area contributed by atoms with E-state index in [0.717, 1.165) is 5.03 Å². The lowest BCUT2D eigenvalue weighted by molar-refractivity contribution is 0.102. The number of nitrogens with one attached hydrogen (secondary N) is 1. The average molecular weight is 452 g/mol. The molecule has 0 radical (unpaired) electrons. The number of para-hydroxylation sites is 1. The summed E-state index contributed by atoms with van der Waals surface area (Å²) in [5, 5.41) is 9.71. The van der Waals surface area contributed by atoms with Gasteiger partial charge >= 0.3 is 0 Å². The standard InChI is InChI=1S/C25H17N5O2S/c31-24(28-17-13-15-27-22(16-17)33-21-12-6-7-14-26-21)23-19-10-4-5-11-20(19)25(32)30(29-23)18-8-2-1-3-9-18/h1-16H,(H,27,28,31). The normalized spacial score (nSPS) is 10.8. The van der Waals surface area contributed by atoms with Gasteiger partial charge in [-0.1, -0.05) is 54.2 Å². The Labute approximate surface area is 193 Å². The summed E-state index contributed by atoms with van der Waals surface area (Å²) in [6.45, 7) is 0. The van der Waals surface area contributed by atoms with Gasteiger partial charge in [-0.3, -0.25) is 9.59 Å². The lowest BCUT2D eigenvalue weighted by Gasteiger charge is -2.11. The molecule has 5 aromatic rings. The van der Waals surface area contributed by atoms with E-state index in [9.17, 15) is 9.59 Å². The maximum atomic E-state index is 13.3. The van der Waals surface area contributed by atoms with Crippen LogP contribution in [0.5, 0.6) is 0 Å². The van der Waals surface area contributed by atoms with Crippen LogP contribution in [0.4, 0.5) is 5.69 Å². The van der Waals surface area contributed by atoms with Gasteiger partial charge in [0, 0.05) is 23.5 Å². The van der Waals surface area contributed by atoms with E-state index in [0.29, 0.717) is 27.2 Å². The van der Waals surface area contributed by atoms with Crippen LogP contribution in [-0.4, -0.2) is 25.7 Å². The molecule has 7 nitrogen and oxygen atoms in total. The Bertz CT molecular complexity index is 1500. The quantitative estimate of drug-likeness (QED) is 0.421. The fourth-order valence-electron chi connectivity index (χ4n) is 3.35. The van der Waals surface area contributed by atoms with Gasteiger partial charge in [-0.05, 0) is 42.5 Å². The SMILES string of the molecule is O=C(Nc1ccnc(Sc2ccccn2)c1)c1nn(-c2ccccc2)c(=O)c2ccccc12. The van der Waals surface area contributed by atoms with Gasteiger partial charge in [-0.15, -0.1) is 0 Å². The third-order valence-corrected chi connectivity index (χ3v) is 5.74. The molecule has 3 heterocycles. The van der Waals surface area contributed by atoms with Crippen molar-refractivity contribution in [3.63, 3.8) is 0 Å². The summed E-state index contributed by atoms with van der Waals surface area (Å²) in [6, 6.07) is 25.1. The van der Waals surface area contributed by atoms with Gasteiger partial charge in [0.1, 0.15) is 10.1 Å². The minimum absolute atomic E-state index is 0.157. The Morgan fingerprint density at radius 2 is 1.52 bits per heavy atom. The van der Waals surface area contributed by atoms with Crippen LogP contribution in [0.25, 0.3) is 16.5 Å². The second-order valence-corrected chi connectivity index (χ2v) is 8.09. The van der Waals surface area contributed by atoms with Crippen LogP contribution in [0.15, 0.2) is 112 Å². The second kappa shape index (κ2) is 9.05. The van der Waals surface area contributed by atoms with Crippen LogP contribution < -0.4 is 10.9 Å². The number of anilines is 1. The molecule has 1 N–H and O–H groups in total. The maximum Gasteiger partial charge on any atom is 0.279 e. The molecule has 160 valence electrons. The Morgan fingerprint density at radius 1 is 0.788 bits per heavy atom. The first-order valence-electron chi connectivity index (χ1n) is 10.1. The van der Waals surface area contributed by atoms with E-state index in [1.165, 1.54) is 16.4 Å². The molecule has 1 amide bonds. The molecular formula is C25H17N5O2S. The van der Waals surface area contributed by atoms with Crippen molar-refractivity contribution in [3.05, 3.63) is 113 Å². The number of benzene rings is 2. The third-order valence-electron chi connectivity index (χ3n) is 4.86. The van der Waals surface area contributed by atoms with Crippen LogP contribution >= 0.6 is 11.8 Å². The summed E-state index contributed by atoms with van der Waals surface area (Å²) in [5.74, 6) is -0.420. The van der Waals surface area contributed by atoms with Crippen molar-refractivity contribution < 1.29 is 4.79 Å². The number of carbonyl (C=O) groups excluding carboxylic acids is 1. The molecule has 0 atom stereocenters. The molecule has 0 fully saturated rings. The fourth-order valence-corrected chi connectivity index (χ4v) is 4.12. The minimum Gasteiger partial charge on any atom is -0.320 e. The molecule has 5 rings (SSSR count). The van der Waals surface area contributed by atoms with Crippen LogP contribution in [0.3, 0.4) is 0 Å². The van der Waals surface area contributed by atoms with Crippen molar-refractivity contribution in [3.8, 4) is 5.69 Å². The molecule has 0 aliphatic carbocycles. The Kier molecular flexibility index (Phi) is 5.65. The van der Waals surface area contributed by atoms with Gasteiger partial charge in [0.05, 0.1) is 11.1 Å². The first kappa shape index (κ1) is 20.6. The minimum atomic E-state index is -0.420. The van der Waals surface area contributed by atoms with E-state index in [1.807, 2.05) is 36.4 Å². The third kappa shape index (κ3) is 4.37. The predicted octanol–water partition coefficient (Wildman–Crippen LogP) is 4.58. The highest BCUT2D eigenvalue weighted by Gasteiger charge is 2.18. The highest BCUT2D eigenvalue weighted by Crippen LogP contribution is 2.26. The van der Waals surface area contributed by atoms with Crippen molar-refractivity contribution in [1.29, 1.82) is 0 Å². The summed E-state index contributed by atoms with van der Waals surface area (Å²) in [5.41, 5.74) is 1.02. The number of amides is 1. The largest absolute Gasteiger partial charge is 0.320 e. The van der Waals surface area contributed by atoms with E-state index < -0.39 is 5.91 Å². The molecule has 0 bridgehead atoms. The molecule has 8 heteroatoms. The smallest absolute Gasteiger partial charge is 0.279 e. The molecule has 0 saturated carbocycles. The zero-order chi connectivity index (χ0) is 22.6. The molecule has 3 aromatic heterocycles. The van der Waals surface area contributed by atoms with E-state index in [2.05, 4.69) is 20.4 Å². The van der Waals surface area contributed by atoms with Crippen LogP contribution in [0.1, 0.15) is 10.5 Å².